The first-order valence-corrected chi connectivity index (χ1v) is 8.00. The molecule has 0 saturated heterocycles. The fraction of sp³-hybridized carbons (Fsp3) is 0.143. The number of hydrogen-bond donors (Lipinski definition) is 0. The van der Waals surface area contributed by atoms with Crippen molar-refractivity contribution in [3.63, 3.8) is 0 Å². The Morgan fingerprint density at radius 1 is 0.944 bits per heavy atom. The molecule has 2 aromatic rings. The van der Waals surface area contributed by atoms with Crippen molar-refractivity contribution in [2.75, 3.05) is 0 Å². The van der Waals surface area contributed by atoms with Crippen LogP contribution >= 0.6 is 61.7 Å². The van der Waals surface area contributed by atoms with Gasteiger partial charge in [0.25, 0.3) is 0 Å². The number of alkyl halides is 2. The minimum absolute atomic E-state index is 0.256. The van der Waals surface area contributed by atoms with Crippen LogP contribution in [-0.4, -0.2) is 0 Å². The van der Waals surface area contributed by atoms with E-state index in [0.29, 0.717) is 0 Å². The van der Waals surface area contributed by atoms with Crippen LogP contribution in [0.2, 0.25) is 10.0 Å². The van der Waals surface area contributed by atoms with Gasteiger partial charge in [-0.25, -0.2) is 0 Å². The third-order valence-corrected chi connectivity index (χ3v) is 5.01. The van der Waals surface area contributed by atoms with Gasteiger partial charge in [0.2, 0.25) is 0 Å². The zero-order valence-electron chi connectivity index (χ0n) is 9.34. The quantitative estimate of drug-likeness (QED) is 0.381. The highest BCUT2D eigenvalue weighted by Crippen LogP contribution is 2.45. The molecule has 0 aliphatic carbocycles. The predicted molar refractivity (Wildman–Crippen MR) is 91.2 cm³/mol. The van der Waals surface area contributed by atoms with E-state index in [0.717, 1.165) is 27.6 Å². The van der Waals surface area contributed by atoms with Crippen molar-refractivity contribution in [3.05, 3.63) is 69.7 Å². The van der Waals surface area contributed by atoms with Crippen LogP contribution in [0.5, 0.6) is 0 Å². The highest BCUT2D eigenvalue weighted by molar-refractivity contribution is 14.1. The number of benzene rings is 2. The zero-order valence-corrected chi connectivity index (χ0v) is 14.6. The van der Waals surface area contributed by atoms with E-state index in [1.165, 1.54) is 0 Å². The van der Waals surface area contributed by atoms with Gasteiger partial charge in [0, 0.05) is 16.5 Å². The molecular weight excluding hydrogens is 446 g/mol. The maximum absolute atomic E-state index is 6.25. The summed E-state index contributed by atoms with van der Waals surface area (Å²) < 4.78 is -0.256. The summed E-state index contributed by atoms with van der Waals surface area (Å²) in [5.41, 5.74) is 2.16. The third kappa shape index (κ3) is 3.41. The Morgan fingerprint density at radius 2 is 1.50 bits per heavy atom. The molecule has 1 unspecified atom stereocenters. The van der Waals surface area contributed by atoms with Crippen molar-refractivity contribution in [2.45, 2.75) is 8.75 Å². The topological polar surface area (TPSA) is 0 Å². The fourth-order valence-corrected chi connectivity index (χ4v) is 4.04. The summed E-state index contributed by atoms with van der Waals surface area (Å²) >= 11 is 18.6. The Balaban J connectivity index is 2.33. The first-order valence-electron chi connectivity index (χ1n) is 5.37. The monoisotopic (exact) mass is 454 g/mol. The third-order valence-electron chi connectivity index (χ3n) is 2.64. The summed E-state index contributed by atoms with van der Waals surface area (Å²) in [7, 11) is 0. The van der Waals surface area contributed by atoms with Crippen molar-refractivity contribution < 1.29 is 0 Å². The summed E-state index contributed by atoms with van der Waals surface area (Å²) in [4.78, 5) is 0. The molecular formula is C14H10BrCl2I. The van der Waals surface area contributed by atoms with Crippen LogP contribution in [0, 0.1) is 0 Å². The highest BCUT2D eigenvalue weighted by Gasteiger charge is 2.28. The Bertz CT molecular complexity index is 555. The van der Waals surface area contributed by atoms with Gasteiger partial charge in [-0.15, -0.1) is 0 Å². The average Bonchev–Trinajstić information content (AvgIpc) is 2.32. The molecule has 0 fully saturated rings. The zero-order chi connectivity index (χ0) is 13.2. The van der Waals surface area contributed by atoms with Crippen molar-refractivity contribution in [2.24, 2.45) is 0 Å². The minimum Gasteiger partial charge on any atom is -0.0840 e. The molecule has 0 amide bonds. The van der Waals surface area contributed by atoms with Gasteiger partial charge in [-0.3, -0.25) is 0 Å². The van der Waals surface area contributed by atoms with Gasteiger partial charge >= 0.3 is 0 Å². The molecule has 0 N–H and O–H groups in total. The lowest BCUT2D eigenvalue weighted by Crippen LogP contribution is -2.13. The van der Waals surface area contributed by atoms with Crippen molar-refractivity contribution in [3.8, 4) is 0 Å². The van der Waals surface area contributed by atoms with Gasteiger partial charge < -0.3 is 0 Å². The van der Waals surface area contributed by atoms with Crippen LogP contribution in [0.15, 0.2) is 48.5 Å². The van der Waals surface area contributed by atoms with Crippen molar-refractivity contribution in [1.82, 2.24) is 0 Å². The number of hydrogen-bond acceptors (Lipinski definition) is 0. The molecule has 4 heteroatoms. The molecule has 18 heavy (non-hydrogen) atoms. The smallest absolute Gasteiger partial charge is 0.0840 e. The summed E-state index contributed by atoms with van der Waals surface area (Å²) in [6.07, 6.45) is 0.775. The van der Waals surface area contributed by atoms with Crippen LogP contribution in [0.3, 0.4) is 0 Å². The SMILES string of the molecule is Clc1ccccc1CC(Br)(I)c1ccccc1Cl. The van der Waals surface area contributed by atoms with Gasteiger partial charge in [0.05, 0.1) is 0 Å². The van der Waals surface area contributed by atoms with E-state index in [9.17, 15) is 0 Å². The second-order valence-electron chi connectivity index (χ2n) is 3.95. The normalized spacial score (nSPS) is 14.2. The summed E-state index contributed by atoms with van der Waals surface area (Å²) in [6, 6.07) is 15.7. The van der Waals surface area contributed by atoms with E-state index < -0.39 is 0 Å². The van der Waals surface area contributed by atoms with Gasteiger partial charge in [-0.1, -0.05) is 98.1 Å². The van der Waals surface area contributed by atoms with Crippen LogP contribution in [0.25, 0.3) is 0 Å². The Labute approximate surface area is 139 Å². The molecule has 0 bridgehead atoms. The Kier molecular flexibility index (Phi) is 4.98. The maximum Gasteiger partial charge on any atom is 0.107 e. The van der Waals surface area contributed by atoms with Gasteiger partial charge in [-0.2, -0.15) is 0 Å². The molecule has 2 rings (SSSR count). The number of halogens is 4. The lowest BCUT2D eigenvalue weighted by Gasteiger charge is -2.23. The Morgan fingerprint density at radius 3 is 2.11 bits per heavy atom. The lowest BCUT2D eigenvalue weighted by atomic mass is 10.0. The first kappa shape index (κ1) is 14.6. The fourth-order valence-electron chi connectivity index (χ4n) is 1.73. The predicted octanol–water partition coefficient (Wildman–Crippen LogP) is 6.22. The molecule has 0 aliphatic heterocycles. The second-order valence-corrected chi connectivity index (χ2v) is 9.44. The summed E-state index contributed by atoms with van der Waals surface area (Å²) in [5.74, 6) is 0. The molecule has 1 atom stereocenters. The van der Waals surface area contributed by atoms with Crippen molar-refractivity contribution >= 4 is 61.7 Å². The molecule has 0 heterocycles. The molecule has 2 aromatic carbocycles. The average molecular weight is 456 g/mol. The van der Waals surface area contributed by atoms with Gasteiger partial charge in [0.1, 0.15) is 2.33 Å². The first-order chi connectivity index (χ1) is 8.50. The second kappa shape index (κ2) is 6.12. The molecule has 0 spiro atoms. The number of rotatable bonds is 3. The van der Waals surface area contributed by atoms with E-state index in [1.54, 1.807) is 0 Å². The summed E-state index contributed by atoms with van der Waals surface area (Å²) in [6.45, 7) is 0. The van der Waals surface area contributed by atoms with Crippen LogP contribution in [-0.2, 0) is 8.75 Å². The molecule has 0 aliphatic rings. The van der Waals surface area contributed by atoms with E-state index >= 15 is 0 Å². The lowest BCUT2D eigenvalue weighted by molar-refractivity contribution is 0.918. The minimum atomic E-state index is -0.256. The van der Waals surface area contributed by atoms with Gasteiger partial charge in [0.15, 0.2) is 0 Å². The van der Waals surface area contributed by atoms with Crippen LogP contribution < -0.4 is 0 Å². The maximum atomic E-state index is 6.25. The van der Waals surface area contributed by atoms with Crippen LogP contribution in [0.1, 0.15) is 11.1 Å². The summed E-state index contributed by atoms with van der Waals surface area (Å²) in [5, 5.41) is 1.54. The van der Waals surface area contributed by atoms with E-state index in [-0.39, 0.29) is 2.33 Å². The molecule has 0 aromatic heterocycles. The molecule has 0 saturated carbocycles. The molecule has 94 valence electrons. The van der Waals surface area contributed by atoms with E-state index in [1.807, 2.05) is 48.5 Å². The molecule has 0 radical (unpaired) electrons. The highest BCUT2D eigenvalue weighted by atomic mass is 127. The van der Waals surface area contributed by atoms with Crippen molar-refractivity contribution in [1.29, 1.82) is 0 Å². The standard InChI is InChI=1S/C14H10BrCl2I/c15-14(18,11-6-2-4-8-13(11)17)9-10-5-1-3-7-12(10)16/h1-8H,9H2. The van der Waals surface area contributed by atoms with Gasteiger partial charge in [-0.05, 0) is 23.3 Å². The largest absolute Gasteiger partial charge is 0.107 e. The van der Waals surface area contributed by atoms with E-state index in [2.05, 4.69) is 38.5 Å². The van der Waals surface area contributed by atoms with Crippen LogP contribution in [0.4, 0.5) is 0 Å². The molecule has 0 nitrogen and oxygen atoms in total. The van der Waals surface area contributed by atoms with E-state index in [4.69, 9.17) is 23.2 Å². The Hall–Kier alpha value is 0.230.